The number of ether oxygens (including phenoxy) is 3. The maximum atomic E-state index is 11.3. The molecule has 0 saturated carbocycles. The summed E-state index contributed by atoms with van der Waals surface area (Å²) in [4.78, 5) is 15.5. The quantitative estimate of drug-likeness (QED) is 0.855. The van der Waals surface area contributed by atoms with E-state index in [0.29, 0.717) is 16.6 Å². The van der Waals surface area contributed by atoms with Gasteiger partial charge in [-0.05, 0) is 0 Å². The molecule has 1 N–H and O–H groups in total. The molecule has 6 nitrogen and oxygen atoms in total. The van der Waals surface area contributed by atoms with Gasteiger partial charge in [-0.25, -0.2) is 9.78 Å². The number of thiazole rings is 1. The van der Waals surface area contributed by atoms with E-state index in [-0.39, 0.29) is 5.69 Å². The lowest BCUT2D eigenvalue weighted by atomic mass is 10.3. The van der Waals surface area contributed by atoms with Crippen LogP contribution in [0.4, 0.5) is 10.8 Å². The molecule has 7 heteroatoms. The molecule has 0 atom stereocenters. The fourth-order valence-electron chi connectivity index (χ4n) is 1.53. The fraction of sp³-hybridized carbons (Fsp3) is 0.231. The second-order valence-corrected chi connectivity index (χ2v) is 4.61. The van der Waals surface area contributed by atoms with Crippen molar-refractivity contribution in [3.05, 3.63) is 29.3 Å². The minimum Gasteiger partial charge on any atom is -0.497 e. The first-order valence-corrected chi connectivity index (χ1v) is 6.58. The molecule has 0 aliphatic heterocycles. The Hall–Kier alpha value is -2.28. The maximum absolute atomic E-state index is 11.3. The Morgan fingerprint density at radius 2 is 1.80 bits per heavy atom. The number of aromatic nitrogens is 1. The first kappa shape index (κ1) is 14.1. The number of benzene rings is 1. The third kappa shape index (κ3) is 3.18. The summed E-state index contributed by atoms with van der Waals surface area (Å²) in [6.07, 6.45) is 0. The van der Waals surface area contributed by atoms with Crippen molar-refractivity contribution < 1.29 is 19.0 Å². The van der Waals surface area contributed by atoms with Gasteiger partial charge in [-0.2, -0.15) is 0 Å². The van der Waals surface area contributed by atoms with Crippen molar-refractivity contribution in [1.82, 2.24) is 4.98 Å². The number of carbonyl (C=O) groups excluding carboxylic acids is 1. The number of rotatable bonds is 5. The van der Waals surface area contributed by atoms with Crippen LogP contribution in [0.1, 0.15) is 10.5 Å². The van der Waals surface area contributed by atoms with Gasteiger partial charge in [0.05, 0.1) is 21.3 Å². The highest BCUT2D eigenvalue weighted by Crippen LogP contribution is 2.29. The summed E-state index contributed by atoms with van der Waals surface area (Å²) >= 11 is 1.31. The number of carbonyl (C=O) groups is 1. The molecule has 0 bridgehead atoms. The van der Waals surface area contributed by atoms with E-state index in [2.05, 4.69) is 15.0 Å². The van der Waals surface area contributed by atoms with Crippen LogP contribution in [0.25, 0.3) is 0 Å². The van der Waals surface area contributed by atoms with Gasteiger partial charge in [0, 0.05) is 29.3 Å². The number of hydrogen-bond acceptors (Lipinski definition) is 7. The van der Waals surface area contributed by atoms with Crippen molar-refractivity contribution in [2.24, 2.45) is 0 Å². The van der Waals surface area contributed by atoms with E-state index in [1.165, 1.54) is 18.4 Å². The molecule has 0 fully saturated rings. The molecule has 0 spiro atoms. The Morgan fingerprint density at radius 1 is 1.15 bits per heavy atom. The average Bonchev–Trinajstić information content (AvgIpc) is 2.94. The van der Waals surface area contributed by atoms with Gasteiger partial charge in [0.2, 0.25) is 0 Å². The number of methoxy groups -OCH3 is 3. The lowest BCUT2D eigenvalue weighted by Gasteiger charge is -2.08. The first-order valence-electron chi connectivity index (χ1n) is 5.70. The van der Waals surface area contributed by atoms with Crippen molar-refractivity contribution in [2.75, 3.05) is 26.6 Å². The van der Waals surface area contributed by atoms with Crippen LogP contribution in [0.5, 0.6) is 11.5 Å². The van der Waals surface area contributed by atoms with Crippen LogP contribution in [0, 0.1) is 0 Å². The monoisotopic (exact) mass is 294 g/mol. The van der Waals surface area contributed by atoms with Crippen LogP contribution in [-0.2, 0) is 4.74 Å². The van der Waals surface area contributed by atoms with Gasteiger partial charge in [-0.3, -0.25) is 0 Å². The SMILES string of the molecule is COC(=O)c1csc(Nc2cc(OC)cc(OC)c2)n1. The van der Waals surface area contributed by atoms with Crippen molar-refractivity contribution in [3.8, 4) is 11.5 Å². The number of esters is 1. The van der Waals surface area contributed by atoms with Crippen LogP contribution < -0.4 is 14.8 Å². The van der Waals surface area contributed by atoms with Crippen molar-refractivity contribution in [3.63, 3.8) is 0 Å². The lowest BCUT2D eigenvalue weighted by Crippen LogP contribution is -2.01. The first-order chi connectivity index (χ1) is 9.66. The number of nitrogens with zero attached hydrogens (tertiary/aromatic N) is 1. The van der Waals surface area contributed by atoms with E-state index in [1.54, 1.807) is 25.7 Å². The molecule has 0 saturated heterocycles. The van der Waals surface area contributed by atoms with Crippen LogP contribution >= 0.6 is 11.3 Å². The molecule has 1 aromatic carbocycles. The highest BCUT2D eigenvalue weighted by atomic mass is 32.1. The van der Waals surface area contributed by atoms with E-state index in [1.807, 2.05) is 12.1 Å². The smallest absolute Gasteiger partial charge is 0.357 e. The Kier molecular flexibility index (Phi) is 4.41. The van der Waals surface area contributed by atoms with Crippen molar-refractivity contribution in [2.45, 2.75) is 0 Å². The number of nitrogens with one attached hydrogen (secondary N) is 1. The molecule has 0 amide bonds. The minimum atomic E-state index is -0.461. The molecule has 106 valence electrons. The number of hydrogen-bond donors (Lipinski definition) is 1. The molecule has 2 aromatic rings. The van der Waals surface area contributed by atoms with Gasteiger partial charge in [-0.15, -0.1) is 11.3 Å². The standard InChI is InChI=1S/C13H14N2O4S/c1-17-9-4-8(5-10(6-9)18-2)14-13-15-11(7-20-13)12(16)19-3/h4-7H,1-3H3,(H,14,15). The minimum absolute atomic E-state index is 0.273. The van der Waals surface area contributed by atoms with Crippen LogP contribution in [0.3, 0.4) is 0 Å². The molecule has 0 aliphatic carbocycles. The predicted molar refractivity (Wildman–Crippen MR) is 76.3 cm³/mol. The van der Waals surface area contributed by atoms with Gasteiger partial charge in [-0.1, -0.05) is 0 Å². The number of anilines is 2. The zero-order chi connectivity index (χ0) is 14.5. The van der Waals surface area contributed by atoms with Crippen LogP contribution in [0.2, 0.25) is 0 Å². The van der Waals surface area contributed by atoms with E-state index < -0.39 is 5.97 Å². The highest BCUT2D eigenvalue weighted by molar-refractivity contribution is 7.14. The third-order valence-electron chi connectivity index (χ3n) is 2.50. The van der Waals surface area contributed by atoms with Crippen molar-refractivity contribution >= 4 is 28.1 Å². The van der Waals surface area contributed by atoms with E-state index in [4.69, 9.17) is 9.47 Å². The van der Waals surface area contributed by atoms with E-state index >= 15 is 0 Å². The molecule has 0 unspecified atom stereocenters. The normalized spacial score (nSPS) is 9.95. The Labute approximate surface area is 120 Å². The second-order valence-electron chi connectivity index (χ2n) is 3.76. The Bertz CT molecular complexity index is 590. The molecular weight excluding hydrogens is 280 g/mol. The highest BCUT2D eigenvalue weighted by Gasteiger charge is 2.11. The summed E-state index contributed by atoms with van der Waals surface area (Å²) < 4.78 is 15.0. The second kappa shape index (κ2) is 6.25. The summed E-state index contributed by atoms with van der Waals surface area (Å²) in [6, 6.07) is 5.39. The van der Waals surface area contributed by atoms with Gasteiger partial charge >= 0.3 is 5.97 Å². The zero-order valence-electron chi connectivity index (χ0n) is 11.3. The molecule has 1 aromatic heterocycles. The molecule has 2 rings (SSSR count). The maximum Gasteiger partial charge on any atom is 0.357 e. The van der Waals surface area contributed by atoms with Gasteiger partial charge in [0.1, 0.15) is 11.5 Å². The largest absolute Gasteiger partial charge is 0.497 e. The zero-order valence-corrected chi connectivity index (χ0v) is 12.1. The summed E-state index contributed by atoms with van der Waals surface area (Å²) in [7, 11) is 4.48. The molecule has 1 heterocycles. The average molecular weight is 294 g/mol. The van der Waals surface area contributed by atoms with E-state index in [0.717, 1.165) is 5.69 Å². The van der Waals surface area contributed by atoms with Gasteiger partial charge < -0.3 is 19.5 Å². The molecule has 20 heavy (non-hydrogen) atoms. The Morgan fingerprint density at radius 3 is 2.35 bits per heavy atom. The van der Waals surface area contributed by atoms with Gasteiger partial charge in [0.15, 0.2) is 10.8 Å². The van der Waals surface area contributed by atoms with Gasteiger partial charge in [0.25, 0.3) is 0 Å². The summed E-state index contributed by atoms with van der Waals surface area (Å²) in [5.74, 6) is 0.866. The third-order valence-corrected chi connectivity index (χ3v) is 3.26. The summed E-state index contributed by atoms with van der Waals surface area (Å²) in [5, 5.41) is 5.31. The van der Waals surface area contributed by atoms with Crippen LogP contribution in [-0.4, -0.2) is 32.3 Å². The topological polar surface area (TPSA) is 69.7 Å². The van der Waals surface area contributed by atoms with Crippen molar-refractivity contribution in [1.29, 1.82) is 0 Å². The molecule has 0 radical (unpaired) electrons. The van der Waals surface area contributed by atoms with Crippen LogP contribution in [0.15, 0.2) is 23.6 Å². The molecule has 0 aliphatic rings. The summed E-state index contributed by atoms with van der Waals surface area (Å²) in [6.45, 7) is 0. The van der Waals surface area contributed by atoms with E-state index in [9.17, 15) is 4.79 Å². The predicted octanol–water partition coefficient (Wildman–Crippen LogP) is 2.69. The Balaban J connectivity index is 2.21. The summed E-state index contributed by atoms with van der Waals surface area (Å²) in [5.41, 5.74) is 1.03. The lowest BCUT2D eigenvalue weighted by molar-refractivity contribution is 0.0595. The fourth-order valence-corrected chi connectivity index (χ4v) is 2.23. The molecular formula is C13H14N2O4S.